The van der Waals surface area contributed by atoms with Crippen LogP contribution in [0.2, 0.25) is 0 Å². The van der Waals surface area contributed by atoms with E-state index in [1.807, 2.05) is 6.20 Å². The third kappa shape index (κ3) is 4.49. The van der Waals surface area contributed by atoms with Crippen LogP contribution in [0.5, 0.6) is 0 Å². The number of aromatic nitrogens is 2. The van der Waals surface area contributed by atoms with E-state index in [-0.39, 0.29) is 12.2 Å². The van der Waals surface area contributed by atoms with Gasteiger partial charge in [-0.15, -0.1) is 0 Å². The number of piperidine rings is 1. The molecule has 2 fully saturated rings. The van der Waals surface area contributed by atoms with Gasteiger partial charge in [-0.05, 0) is 48.0 Å². The van der Waals surface area contributed by atoms with Gasteiger partial charge in [0.15, 0.2) is 6.29 Å². The fourth-order valence-electron chi connectivity index (χ4n) is 3.36. The summed E-state index contributed by atoms with van der Waals surface area (Å²) in [5, 5.41) is 9.06. The van der Waals surface area contributed by atoms with Crippen molar-refractivity contribution in [2.24, 2.45) is 0 Å². The Hall–Kier alpha value is -1.12. The molecule has 1 aromatic rings. The molecule has 0 aromatic carbocycles. The first-order valence-corrected chi connectivity index (χ1v) is 9.36. The lowest BCUT2D eigenvalue weighted by atomic mass is 9.96. The Kier molecular flexibility index (Phi) is 6.13. The molecule has 0 bridgehead atoms. The van der Waals surface area contributed by atoms with Crippen molar-refractivity contribution in [1.29, 1.82) is 0 Å². The number of carboxylic acid groups (broad SMARTS) is 1. The predicted molar refractivity (Wildman–Crippen MR) is 91.0 cm³/mol. The van der Waals surface area contributed by atoms with E-state index in [4.69, 9.17) is 14.6 Å². The van der Waals surface area contributed by atoms with Crippen molar-refractivity contribution in [3.8, 4) is 0 Å². The third-order valence-electron chi connectivity index (χ3n) is 4.68. The van der Waals surface area contributed by atoms with Crippen LogP contribution in [0.3, 0.4) is 0 Å². The quantitative estimate of drug-likeness (QED) is 0.820. The number of hydrogen-bond acceptors (Lipinski definition) is 4. The second kappa shape index (κ2) is 8.31. The van der Waals surface area contributed by atoms with Gasteiger partial charge in [-0.1, -0.05) is 0 Å². The smallest absolute Gasteiger partial charge is 0.407 e. The SMILES string of the molecule is O=C(O)N1CCC(c2nc(Br)cn2CCOC2CCCCO2)CC1. The molecule has 7 nitrogen and oxygen atoms in total. The number of imidazole rings is 1. The van der Waals surface area contributed by atoms with Crippen LogP contribution in [0, 0.1) is 0 Å². The predicted octanol–water partition coefficient (Wildman–Crippen LogP) is 3.05. The standard InChI is InChI=1S/C16H24BrN3O4/c17-13-11-20(8-10-24-14-3-1-2-9-23-14)15(18-13)12-4-6-19(7-5-12)16(21)22/h11-12,14H,1-10H2,(H,21,22). The Balaban J connectivity index is 1.54. The first kappa shape index (κ1) is 17.7. The molecule has 3 heterocycles. The van der Waals surface area contributed by atoms with Gasteiger partial charge in [0, 0.05) is 38.4 Å². The lowest BCUT2D eigenvalue weighted by molar-refractivity contribution is -0.163. The lowest BCUT2D eigenvalue weighted by Crippen LogP contribution is -2.37. The molecule has 1 amide bonds. The molecule has 1 N–H and O–H groups in total. The van der Waals surface area contributed by atoms with Gasteiger partial charge in [0.05, 0.1) is 6.61 Å². The van der Waals surface area contributed by atoms with Crippen molar-refractivity contribution in [2.45, 2.75) is 50.9 Å². The van der Waals surface area contributed by atoms with Crippen molar-refractivity contribution in [2.75, 3.05) is 26.3 Å². The summed E-state index contributed by atoms with van der Waals surface area (Å²) in [6.07, 6.45) is 5.93. The van der Waals surface area contributed by atoms with Crippen LogP contribution in [0.4, 0.5) is 4.79 Å². The van der Waals surface area contributed by atoms with Gasteiger partial charge in [0.2, 0.25) is 0 Å². The highest BCUT2D eigenvalue weighted by molar-refractivity contribution is 9.10. The molecule has 8 heteroatoms. The van der Waals surface area contributed by atoms with Crippen molar-refractivity contribution >= 4 is 22.0 Å². The molecule has 0 spiro atoms. The lowest BCUT2D eigenvalue weighted by Gasteiger charge is -2.30. The second-order valence-corrected chi connectivity index (χ2v) is 7.14. The summed E-state index contributed by atoms with van der Waals surface area (Å²) in [5.74, 6) is 1.30. The van der Waals surface area contributed by atoms with E-state index in [0.717, 1.165) is 55.7 Å². The maximum atomic E-state index is 11.0. The topological polar surface area (TPSA) is 76.8 Å². The average Bonchev–Trinajstić information content (AvgIpc) is 2.96. The van der Waals surface area contributed by atoms with Crippen molar-refractivity contribution < 1.29 is 19.4 Å². The highest BCUT2D eigenvalue weighted by Gasteiger charge is 2.26. The zero-order chi connectivity index (χ0) is 16.9. The van der Waals surface area contributed by atoms with Crippen molar-refractivity contribution in [3.63, 3.8) is 0 Å². The first-order valence-electron chi connectivity index (χ1n) is 8.57. The van der Waals surface area contributed by atoms with Crippen LogP contribution in [0.15, 0.2) is 10.8 Å². The maximum absolute atomic E-state index is 11.0. The van der Waals surface area contributed by atoms with Crippen LogP contribution in [0.1, 0.15) is 43.8 Å². The molecule has 2 saturated heterocycles. The van der Waals surface area contributed by atoms with Crippen LogP contribution in [-0.2, 0) is 16.0 Å². The molecule has 2 aliphatic rings. The minimum atomic E-state index is -0.834. The number of amides is 1. The van der Waals surface area contributed by atoms with E-state index >= 15 is 0 Å². The molecular weight excluding hydrogens is 378 g/mol. The molecule has 1 aromatic heterocycles. The van der Waals surface area contributed by atoms with E-state index in [0.29, 0.717) is 19.7 Å². The molecule has 0 saturated carbocycles. The first-order chi connectivity index (χ1) is 11.6. The average molecular weight is 402 g/mol. The van der Waals surface area contributed by atoms with Gasteiger partial charge in [0.1, 0.15) is 10.4 Å². The van der Waals surface area contributed by atoms with Gasteiger partial charge in [-0.3, -0.25) is 0 Å². The maximum Gasteiger partial charge on any atom is 0.407 e. The molecule has 0 radical (unpaired) electrons. The summed E-state index contributed by atoms with van der Waals surface area (Å²) < 4.78 is 14.3. The van der Waals surface area contributed by atoms with Gasteiger partial charge in [0.25, 0.3) is 0 Å². The minimum Gasteiger partial charge on any atom is -0.465 e. The van der Waals surface area contributed by atoms with Crippen LogP contribution in [0.25, 0.3) is 0 Å². The summed E-state index contributed by atoms with van der Waals surface area (Å²) >= 11 is 3.45. The Morgan fingerprint density at radius 1 is 1.38 bits per heavy atom. The number of ether oxygens (including phenoxy) is 2. The molecule has 0 aliphatic carbocycles. The summed E-state index contributed by atoms with van der Waals surface area (Å²) in [6, 6.07) is 0. The number of likely N-dealkylation sites (tertiary alicyclic amines) is 1. The second-order valence-electron chi connectivity index (χ2n) is 6.33. The Bertz CT molecular complexity index is 552. The molecule has 24 heavy (non-hydrogen) atoms. The number of hydrogen-bond donors (Lipinski definition) is 1. The molecule has 3 rings (SSSR count). The van der Waals surface area contributed by atoms with Crippen molar-refractivity contribution in [3.05, 3.63) is 16.6 Å². The summed E-state index contributed by atoms with van der Waals surface area (Å²) in [5.41, 5.74) is 0. The van der Waals surface area contributed by atoms with E-state index in [1.54, 1.807) is 0 Å². The highest BCUT2D eigenvalue weighted by Crippen LogP contribution is 2.28. The largest absolute Gasteiger partial charge is 0.465 e. The molecule has 134 valence electrons. The molecule has 2 aliphatic heterocycles. The summed E-state index contributed by atoms with van der Waals surface area (Å²) in [4.78, 5) is 17.1. The van der Waals surface area contributed by atoms with Gasteiger partial charge in [-0.25, -0.2) is 9.78 Å². The van der Waals surface area contributed by atoms with Crippen molar-refractivity contribution in [1.82, 2.24) is 14.5 Å². The number of rotatable bonds is 5. The number of nitrogens with zero attached hydrogens (tertiary/aromatic N) is 3. The number of carbonyl (C=O) groups is 1. The third-order valence-corrected chi connectivity index (χ3v) is 5.06. The van der Waals surface area contributed by atoms with Gasteiger partial charge in [-0.2, -0.15) is 0 Å². The molecular formula is C16H24BrN3O4. The van der Waals surface area contributed by atoms with Gasteiger partial charge < -0.3 is 24.0 Å². The van der Waals surface area contributed by atoms with Crippen LogP contribution < -0.4 is 0 Å². The zero-order valence-corrected chi connectivity index (χ0v) is 15.3. The Morgan fingerprint density at radius 2 is 2.17 bits per heavy atom. The highest BCUT2D eigenvalue weighted by atomic mass is 79.9. The molecule has 1 unspecified atom stereocenters. The fraction of sp³-hybridized carbons (Fsp3) is 0.750. The van der Waals surface area contributed by atoms with Gasteiger partial charge >= 0.3 is 6.09 Å². The summed E-state index contributed by atoms with van der Waals surface area (Å²) in [6.45, 7) is 3.24. The zero-order valence-electron chi connectivity index (χ0n) is 13.7. The van der Waals surface area contributed by atoms with Crippen LogP contribution in [-0.4, -0.2) is 58.2 Å². The Labute approximate surface area is 150 Å². The normalized spacial score (nSPS) is 22.7. The number of halogens is 1. The Morgan fingerprint density at radius 3 is 2.83 bits per heavy atom. The van der Waals surface area contributed by atoms with E-state index in [9.17, 15) is 4.79 Å². The van der Waals surface area contributed by atoms with E-state index in [2.05, 4.69) is 25.5 Å². The fourth-order valence-corrected chi connectivity index (χ4v) is 3.79. The van der Waals surface area contributed by atoms with Crippen LogP contribution >= 0.6 is 15.9 Å². The van der Waals surface area contributed by atoms with E-state index < -0.39 is 6.09 Å². The summed E-state index contributed by atoms with van der Waals surface area (Å²) in [7, 11) is 0. The van der Waals surface area contributed by atoms with E-state index in [1.165, 1.54) is 4.90 Å². The molecule has 1 atom stereocenters. The minimum absolute atomic E-state index is 0.0760. The monoisotopic (exact) mass is 401 g/mol.